The van der Waals surface area contributed by atoms with Crippen molar-refractivity contribution in [1.82, 2.24) is 15.6 Å². The van der Waals surface area contributed by atoms with Crippen LogP contribution >= 0.6 is 34.9 Å². The molecule has 3 nitrogen and oxygen atoms in total. The number of thiocarbonyl (C=S) groups is 1. The van der Waals surface area contributed by atoms with Crippen molar-refractivity contribution in [2.24, 2.45) is 0 Å². The van der Waals surface area contributed by atoms with Gasteiger partial charge < -0.3 is 10.6 Å². The third kappa shape index (κ3) is 4.60. The fourth-order valence-electron chi connectivity index (χ4n) is 2.10. The summed E-state index contributed by atoms with van der Waals surface area (Å²) in [5, 5.41) is 10.4. The number of hydrogen-bond donors (Lipinski definition) is 2. The van der Waals surface area contributed by atoms with Gasteiger partial charge in [-0.3, -0.25) is 0 Å². The van der Waals surface area contributed by atoms with Crippen LogP contribution in [0.25, 0.3) is 10.6 Å². The van der Waals surface area contributed by atoms with E-state index in [2.05, 4.69) is 45.3 Å². The Balaban J connectivity index is 1.48. The van der Waals surface area contributed by atoms with E-state index < -0.39 is 0 Å². The molecule has 1 aromatic carbocycles. The topological polar surface area (TPSA) is 37.0 Å². The SMILES string of the molecule is Cc1nc(-c2ccc(CNC(=S)NCc3ccccc3)s2)cs1. The van der Waals surface area contributed by atoms with Gasteiger partial charge in [-0.15, -0.1) is 22.7 Å². The quantitative estimate of drug-likeness (QED) is 0.664. The summed E-state index contributed by atoms with van der Waals surface area (Å²) in [6.07, 6.45) is 0. The molecule has 2 N–H and O–H groups in total. The van der Waals surface area contributed by atoms with Crippen LogP contribution in [0.2, 0.25) is 0 Å². The molecular weight excluding hydrogens is 342 g/mol. The number of rotatable bonds is 5. The Kier molecular flexibility index (Phi) is 5.38. The lowest BCUT2D eigenvalue weighted by Gasteiger charge is -2.09. The number of benzene rings is 1. The highest BCUT2D eigenvalue weighted by atomic mass is 32.1. The van der Waals surface area contributed by atoms with Crippen LogP contribution < -0.4 is 10.6 Å². The van der Waals surface area contributed by atoms with Crippen LogP contribution in [-0.4, -0.2) is 10.1 Å². The van der Waals surface area contributed by atoms with Crippen LogP contribution in [0, 0.1) is 6.92 Å². The van der Waals surface area contributed by atoms with Gasteiger partial charge in [-0.25, -0.2) is 4.98 Å². The maximum Gasteiger partial charge on any atom is 0.166 e. The Morgan fingerprint density at radius 2 is 1.87 bits per heavy atom. The van der Waals surface area contributed by atoms with Crippen LogP contribution in [0.5, 0.6) is 0 Å². The van der Waals surface area contributed by atoms with E-state index in [9.17, 15) is 0 Å². The van der Waals surface area contributed by atoms with Crippen molar-refractivity contribution in [3.63, 3.8) is 0 Å². The lowest BCUT2D eigenvalue weighted by atomic mass is 10.2. The number of nitrogens with one attached hydrogen (secondary N) is 2. The second-order valence-electron chi connectivity index (χ2n) is 5.04. The van der Waals surface area contributed by atoms with Crippen molar-refractivity contribution in [2.45, 2.75) is 20.0 Å². The summed E-state index contributed by atoms with van der Waals surface area (Å²) in [5.74, 6) is 0. The van der Waals surface area contributed by atoms with Crippen LogP contribution in [0.4, 0.5) is 0 Å². The van der Waals surface area contributed by atoms with Gasteiger partial charge in [0.15, 0.2) is 5.11 Å². The average molecular weight is 360 g/mol. The molecule has 0 saturated carbocycles. The molecule has 0 bridgehead atoms. The van der Waals surface area contributed by atoms with Gasteiger partial charge in [0.05, 0.1) is 22.1 Å². The summed E-state index contributed by atoms with van der Waals surface area (Å²) in [5.41, 5.74) is 2.28. The second-order valence-corrected chi connectivity index (χ2v) is 7.68. The highest BCUT2D eigenvalue weighted by Crippen LogP contribution is 2.28. The summed E-state index contributed by atoms with van der Waals surface area (Å²) in [6.45, 7) is 3.50. The second kappa shape index (κ2) is 7.68. The van der Waals surface area contributed by atoms with E-state index in [1.165, 1.54) is 15.3 Å². The smallest absolute Gasteiger partial charge is 0.166 e. The first kappa shape index (κ1) is 16.1. The maximum atomic E-state index is 5.33. The average Bonchev–Trinajstić information content (AvgIpc) is 3.20. The predicted octanol–water partition coefficient (Wildman–Crippen LogP) is 4.34. The van der Waals surface area contributed by atoms with Gasteiger partial charge in [0.2, 0.25) is 0 Å². The summed E-state index contributed by atoms with van der Waals surface area (Å²) >= 11 is 8.76. The van der Waals surface area contributed by atoms with Crippen molar-refractivity contribution in [2.75, 3.05) is 0 Å². The Bertz CT molecular complexity index is 777. The molecule has 0 fully saturated rings. The van der Waals surface area contributed by atoms with Crippen LogP contribution in [0.3, 0.4) is 0 Å². The molecule has 0 atom stereocenters. The first-order valence-corrected chi connectivity index (χ1v) is 9.38. The van der Waals surface area contributed by atoms with Gasteiger partial charge in [-0.05, 0) is 36.8 Å². The molecule has 0 unspecified atom stereocenters. The van der Waals surface area contributed by atoms with Gasteiger partial charge in [0, 0.05) is 16.8 Å². The predicted molar refractivity (Wildman–Crippen MR) is 103 cm³/mol. The third-order valence-corrected chi connectivity index (χ3v) is 5.42. The molecule has 0 amide bonds. The van der Waals surface area contributed by atoms with Gasteiger partial charge in [-0.1, -0.05) is 30.3 Å². The summed E-state index contributed by atoms with van der Waals surface area (Å²) in [7, 11) is 0. The number of aryl methyl sites for hydroxylation is 1. The van der Waals surface area contributed by atoms with Gasteiger partial charge in [0.1, 0.15) is 0 Å². The largest absolute Gasteiger partial charge is 0.359 e. The summed E-state index contributed by atoms with van der Waals surface area (Å²) in [4.78, 5) is 6.97. The summed E-state index contributed by atoms with van der Waals surface area (Å²) < 4.78 is 0. The molecule has 2 aromatic heterocycles. The molecule has 0 aliphatic rings. The monoisotopic (exact) mass is 359 g/mol. The van der Waals surface area contributed by atoms with Crippen molar-refractivity contribution < 1.29 is 0 Å². The van der Waals surface area contributed by atoms with Gasteiger partial charge >= 0.3 is 0 Å². The van der Waals surface area contributed by atoms with Crippen molar-refractivity contribution in [3.05, 3.63) is 63.3 Å². The minimum Gasteiger partial charge on any atom is -0.359 e. The van der Waals surface area contributed by atoms with E-state index in [-0.39, 0.29) is 0 Å². The Morgan fingerprint density at radius 1 is 1.09 bits per heavy atom. The van der Waals surface area contributed by atoms with E-state index in [0.717, 1.165) is 23.8 Å². The van der Waals surface area contributed by atoms with Gasteiger partial charge in [0.25, 0.3) is 0 Å². The molecule has 118 valence electrons. The maximum absolute atomic E-state index is 5.33. The summed E-state index contributed by atoms with van der Waals surface area (Å²) in [6, 6.07) is 14.5. The number of thiophene rings is 1. The molecule has 3 aromatic rings. The molecule has 23 heavy (non-hydrogen) atoms. The first-order chi connectivity index (χ1) is 11.2. The van der Waals surface area contributed by atoms with Crippen LogP contribution in [0.15, 0.2) is 47.8 Å². The van der Waals surface area contributed by atoms with E-state index in [4.69, 9.17) is 12.2 Å². The minimum atomic E-state index is 0.674. The lowest BCUT2D eigenvalue weighted by molar-refractivity contribution is 0.840. The van der Waals surface area contributed by atoms with Crippen molar-refractivity contribution >= 4 is 40.0 Å². The lowest BCUT2D eigenvalue weighted by Crippen LogP contribution is -2.34. The highest BCUT2D eigenvalue weighted by Gasteiger charge is 2.06. The molecule has 0 aliphatic heterocycles. The minimum absolute atomic E-state index is 0.674. The Morgan fingerprint density at radius 3 is 2.61 bits per heavy atom. The zero-order valence-corrected chi connectivity index (χ0v) is 15.2. The van der Waals surface area contributed by atoms with Gasteiger partial charge in [-0.2, -0.15) is 0 Å². The standard InChI is InChI=1S/C17H17N3S3/c1-12-20-15(11-22-12)16-8-7-14(23-16)10-19-17(21)18-9-13-5-3-2-4-6-13/h2-8,11H,9-10H2,1H3,(H2,18,19,21). The fourth-order valence-corrected chi connectivity index (χ4v) is 3.84. The number of nitrogens with zero attached hydrogens (tertiary/aromatic N) is 1. The fraction of sp³-hybridized carbons (Fsp3) is 0.176. The van der Waals surface area contributed by atoms with E-state index in [0.29, 0.717) is 5.11 Å². The zero-order valence-electron chi connectivity index (χ0n) is 12.7. The van der Waals surface area contributed by atoms with Crippen LogP contribution in [0.1, 0.15) is 15.4 Å². The van der Waals surface area contributed by atoms with E-state index in [1.807, 2.05) is 25.1 Å². The molecule has 0 spiro atoms. The van der Waals surface area contributed by atoms with E-state index >= 15 is 0 Å². The van der Waals surface area contributed by atoms with E-state index in [1.54, 1.807) is 22.7 Å². The molecule has 2 heterocycles. The molecule has 0 saturated heterocycles. The highest BCUT2D eigenvalue weighted by molar-refractivity contribution is 7.80. The van der Waals surface area contributed by atoms with Crippen molar-refractivity contribution in [3.8, 4) is 10.6 Å². The van der Waals surface area contributed by atoms with Crippen LogP contribution in [-0.2, 0) is 13.1 Å². The molecule has 6 heteroatoms. The normalized spacial score (nSPS) is 10.5. The molecule has 0 radical (unpaired) electrons. The third-order valence-electron chi connectivity index (χ3n) is 3.25. The number of hydrogen-bond acceptors (Lipinski definition) is 4. The number of thiazole rings is 1. The Labute approximate surface area is 149 Å². The first-order valence-electron chi connectivity index (χ1n) is 7.27. The van der Waals surface area contributed by atoms with Crippen molar-refractivity contribution in [1.29, 1.82) is 0 Å². The number of aromatic nitrogens is 1. The molecule has 0 aliphatic carbocycles. The zero-order chi connectivity index (χ0) is 16.1. The molecule has 3 rings (SSSR count). The molecular formula is C17H17N3S3. The Hall–Kier alpha value is -1.76.